The van der Waals surface area contributed by atoms with Gasteiger partial charge in [-0.1, -0.05) is 31.9 Å². The van der Waals surface area contributed by atoms with Crippen LogP contribution >= 0.6 is 0 Å². The van der Waals surface area contributed by atoms with Gasteiger partial charge in [0.25, 0.3) is 0 Å². The van der Waals surface area contributed by atoms with Crippen molar-refractivity contribution in [3.05, 3.63) is 11.6 Å². The third-order valence-corrected chi connectivity index (χ3v) is 4.71. The van der Waals surface area contributed by atoms with Crippen LogP contribution in [0.5, 0.6) is 0 Å². The average Bonchev–Trinajstić information content (AvgIpc) is 2.63. The van der Waals surface area contributed by atoms with Crippen LogP contribution < -0.4 is 5.32 Å². The van der Waals surface area contributed by atoms with Crippen molar-refractivity contribution in [2.45, 2.75) is 70.9 Å². The highest BCUT2D eigenvalue weighted by Crippen LogP contribution is 2.30. The Morgan fingerprint density at radius 1 is 1.28 bits per heavy atom. The van der Waals surface area contributed by atoms with Crippen molar-refractivity contribution in [1.82, 2.24) is 10.2 Å². The molecular formula is C16H32N2. The molecule has 2 atom stereocenters. The van der Waals surface area contributed by atoms with E-state index in [4.69, 9.17) is 0 Å². The fourth-order valence-corrected chi connectivity index (χ4v) is 3.03. The first-order valence-electron chi connectivity index (χ1n) is 7.66. The molecule has 0 aromatic carbocycles. The third kappa shape index (κ3) is 3.58. The molecule has 0 heterocycles. The molecule has 106 valence electrons. The molecule has 0 aromatic heterocycles. The molecule has 0 radical (unpaired) electrons. The van der Waals surface area contributed by atoms with Crippen molar-refractivity contribution in [2.75, 3.05) is 20.6 Å². The highest BCUT2D eigenvalue weighted by molar-refractivity contribution is 5.19. The van der Waals surface area contributed by atoms with Gasteiger partial charge in [0.1, 0.15) is 0 Å². The predicted molar refractivity (Wildman–Crippen MR) is 81.0 cm³/mol. The summed E-state index contributed by atoms with van der Waals surface area (Å²) in [5.74, 6) is 0. The van der Waals surface area contributed by atoms with Crippen molar-refractivity contribution in [3.63, 3.8) is 0 Å². The lowest BCUT2D eigenvalue weighted by Gasteiger charge is -2.44. The lowest BCUT2D eigenvalue weighted by Crippen LogP contribution is -2.57. The number of nitrogens with one attached hydrogen (secondary N) is 1. The molecule has 0 spiro atoms. The van der Waals surface area contributed by atoms with Gasteiger partial charge in [-0.3, -0.25) is 0 Å². The second-order valence-electron chi connectivity index (χ2n) is 5.97. The lowest BCUT2D eigenvalue weighted by atomic mass is 9.81. The van der Waals surface area contributed by atoms with Crippen LogP contribution in [0.1, 0.15) is 59.3 Å². The van der Waals surface area contributed by atoms with E-state index in [9.17, 15) is 0 Å². The summed E-state index contributed by atoms with van der Waals surface area (Å²) in [6.45, 7) is 7.97. The monoisotopic (exact) mass is 252 g/mol. The van der Waals surface area contributed by atoms with Gasteiger partial charge < -0.3 is 10.2 Å². The lowest BCUT2D eigenvalue weighted by molar-refractivity contribution is 0.127. The molecular weight excluding hydrogens is 220 g/mol. The van der Waals surface area contributed by atoms with Crippen LogP contribution in [0.4, 0.5) is 0 Å². The van der Waals surface area contributed by atoms with Crippen molar-refractivity contribution >= 4 is 0 Å². The second kappa shape index (κ2) is 7.30. The standard InChI is InChI=1S/C16H32N2/c1-6-16(3,18(4)5)15(17-7-2)14-12-10-8-9-11-13-14/h12,15,17H,6-11,13H2,1-5H3. The van der Waals surface area contributed by atoms with E-state index in [1.807, 2.05) is 0 Å². The van der Waals surface area contributed by atoms with E-state index < -0.39 is 0 Å². The molecule has 0 saturated carbocycles. The van der Waals surface area contributed by atoms with E-state index in [0.717, 1.165) is 6.54 Å². The summed E-state index contributed by atoms with van der Waals surface area (Å²) in [4.78, 5) is 2.39. The van der Waals surface area contributed by atoms with Gasteiger partial charge in [0.05, 0.1) is 0 Å². The van der Waals surface area contributed by atoms with E-state index in [2.05, 4.69) is 51.2 Å². The minimum Gasteiger partial charge on any atom is -0.309 e. The quantitative estimate of drug-likeness (QED) is 0.727. The highest BCUT2D eigenvalue weighted by Gasteiger charge is 2.36. The summed E-state index contributed by atoms with van der Waals surface area (Å²) in [6, 6.07) is 0.501. The average molecular weight is 252 g/mol. The smallest absolute Gasteiger partial charge is 0.0463 e. The fourth-order valence-electron chi connectivity index (χ4n) is 3.03. The maximum atomic E-state index is 3.74. The minimum absolute atomic E-state index is 0.214. The summed E-state index contributed by atoms with van der Waals surface area (Å²) in [5, 5.41) is 3.74. The number of allylic oxidation sites excluding steroid dienone is 1. The van der Waals surface area contributed by atoms with Crippen LogP contribution in [-0.2, 0) is 0 Å². The largest absolute Gasteiger partial charge is 0.309 e. The molecule has 2 heteroatoms. The molecule has 0 bridgehead atoms. The Hall–Kier alpha value is -0.340. The fraction of sp³-hybridized carbons (Fsp3) is 0.875. The van der Waals surface area contributed by atoms with Crippen LogP contribution in [0.3, 0.4) is 0 Å². The van der Waals surface area contributed by atoms with Gasteiger partial charge in [0, 0.05) is 11.6 Å². The van der Waals surface area contributed by atoms with Gasteiger partial charge in [-0.25, -0.2) is 0 Å². The molecule has 2 nitrogen and oxygen atoms in total. The Kier molecular flexibility index (Phi) is 6.37. The van der Waals surface area contributed by atoms with Crippen LogP contribution in [0.15, 0.2) is 11.6 Å². The van der Waals surface area contributed by atoms with Crippen molar-refractivity contribution in [1.29, 1.82) is 0 Å². The molecule has 18 heavy (non-hydrogen) atoms. The van der Waals surface area contributed by atoms with Crippen molar-refractivity contribution in [3.8, 4) is 0 Å². The predicted octanol–water partition coefficient (Wildman–Crippen LogP) is 3.59. The first kappa shape index (κ1) is 15.7. The highest BCUT2D eigenvalue weighted by atomic mass is 15.2. The number of likely N-dealkylation sites (N-methyl/N-ethyl adjacent to an activating group) is 2. The molecule has 0 aromatic rings. The zero-order valence-electron chi connectivity index (χ0n) is 13.1. The second-order valence-corrected chi connectivity index (χ2v) is 5.97. The van der Waals surface area contributed by atoms with Crippen molar-refractivity contribution < 1.29 is 0 Å². The third-order valence-electron chi connectivity index (χ3n) is 4.71. The number of hydrogen-bond donors (Lipinski definition) is 1. The number of rotatable bonds is 6. The normalized spacial score (nSPS) is 22.2. The molecule has 1 aliphatic rings. The Balaban J connectivity index is 2.95. The Morgan fingerprint density at radius 3 is 2.56 bits per heavy atom. The van der Waals surface area contributed by atoms with Crippen molar-refractivity contribution in [2.24, 2.45) is 0 Å². The van der Waals surface area contributed by atoms with E-state index in [1.165, 1.54) is 38.5 Å². The van der Waals surface area contributed by atoms with Gasteiger partial charge in [-0.15, -0.1) is 0 Å². The minimum atomic E-state index is 0.214. The van der Waals surface area contributed by atoms with Crippen LogP contribution in [-0.4, -0.2) is 37.1 Å². The van der Waals surface area contributed by atoms with E-state index in [1.54, 1.807) is 5.57 Å². The van der Waals surface area contributed by atoms with E-state index in [0.29, 0.717) is 6.04 Å². The Labute approximate surface area is 114 Å². The van der Waals surface area contributed by atoms with Gasteiger partial charge >= 0.3 is 0 Å². The van der Waals surface area contributed by atoms with E-state index >= 15 is 0 Å². The Morgan fingerprint density at radius 2 is 2.00 bits per heavy atom. The molecule has 0 fully saturated rings. The summed E-state index contributed by atoms with van der Waals surface area (Å²) >= 11 is 0. The van der Waals surface area contributed by atoms with Crippen LogP contribution in [0, 0.1) is 0 Å². The van der Waals surface area contributed by atoms with Gasteiger partial charge in [-0.2, -0.15) is 0 Å². The maximum Gasteiger partial charge on any atom is 0.0463 e. The summed E-state index contributed by atoms with van der Waals surface area (Å²) in [5.41, 5.74) is 1.86. The molecule has 1 N–H and O–H groups in total. The summed E-state index contributed by atoms with van der Waals surface area (Å²) in [7, 11) is 4.43. The van der Waals surface area contributed by atoms with Crippen LogP contribution in [0.25, 0.3) is 0 Å². The zero-order valence-corrected chi connectivity index (χ0v) is 13.1. The van der Waals surface area contributed by atoms with Gasteiger partial charge in [0.2, 0.25) is 0 Å². The zero-order chi connectivity index (χ0) is 13.6. The first-order valence-corrected chi connectivity index (χ1v) is 7.66. The van der Waals surface area contributed by atoms with Gasteiger partial charge in [-0.05, 0) is 59.7 Å². The first-order chi connectivity index (χ1) is 8.56. The molecule has 1 rings (SSSR count). The molecule has 0 amide bonds. The molecule has 1 aliphatic carbocycles. The topological polar surface area (TPSA) is 15.3 Å². The maximum absolute atomic E-state index is 3.74. The molecule has 0 saturated heterocycles. The number of nitrogens with zero attached hydrogens (tertiary/aromatic N) is 1. The summed E-state index contributed by atoms with van der Waals surface area (Å²) < 4.78 is 0. The SMILES string of the molecule is CCNC(C1=CCCCCC1)C(C)(CC)N(C)C. The summed E-state index contributed by atoms with van der Waals surface area (Å²) in [6.07, 6.45) is 10.4. The van der Waals surface area contributed by atoms with Gasteiger partial charge in [0.15, 0.2) is 0 Å². The Bertz CT molecular complexity index is 270. The molecule has 2 unspecified atom stereocenters. The molecule has 0 aliphatic heterocycles. The number of hydrogen-bond acceptors (Lipinski definition) is 2. The van der Waals surface area contributed by atoms with E-state index in [-0.39, 0.29) is 5.54 Å². The van der Waals surface area contributed by atoms with Crippen LogP contribution in [0.2, 0.25) is 0 Å².